The van der Waals surface area contributed by atoms with Gasteiger partial charge in [-0.3, -0.25) is 4.79 Å². The smallest absolute Gasteiger partial charge is 0.257 e. The monoisotopic (exact) mass is 336 g/mol. The van der Waals surface area contributed by atoms with Crippen molar-refractivity contribution in [3.63, 3.8) is 0 Å². The molecule has 0 bridgehead atoms. The first kappa shape index (κ1) is 13.2. The number of furan rings is 1. The van der Waals surface area contributed by atoms with Crippen LogP contribution in [0.4, 0.5) is 0 Å². The van der Waals surface area contributed by atoms with Crippen LogP contribution < -0.4 is 4.74 Å². The molecule has 1 aliphatic rings. The van der Waals surface area contributed by atoms with Gasteiger partial charge >= 0.3 is 0 Å². The Morgan fingerprint density at radius 1 is 1.45 bits per heavy atom. The van der Waals surface area contributed by atoms with Gasteiger partial charge in [0.1, 0.15) is 12.4 Å². The Morgan fingerprint density at radius 2 is 2.35 bits per heavy atom. The predicted octanol–water partition coefficient (Wildman–Crippen LogP) is 2.73. The van der Waals surface area contributed by atoms with E-state index in [0.717, 1.165) is 10.9 Å². The van der Waals surface area contributed by atoms with E-state index in [1.807, 2.05) is 12.1 Å². The second-order valence-electron chi connectivity index (χ2n) is 4.61. The van der Waals surface area contributed by atoms with E-state index in [1.165, 1.54) is 12.5 Å². The molecule has 0 spiro atoms. The Hall–Kier alpha value is -1.82. The van der Waals surface area contributed by atoms with E-state index in [9.17, 15) is 4.79 Å². The van der Waals surface area contributed by atoms with Gasteiger partial charge in [-0.25, -0.2) is 4.98 Å². The molecule has 2 aromatic heterocycles. The SMILES string of the molecule is O=C(c1ccoc1)N1CCC(Oc2ccc(Br)cn2)C1. The maximum Gasteiger partial charge on any atom is 0.257 e. The fourth-order valence-corrected chi connectivity index (χ4v) is 2.41. The number of nitrogens with zero attached hydrogens (tertiary/aromatic N) is 2. The minimum atomic E-state index is -0.0198. The van der Waals surface area contributed by atoms with Gasteiger partial charge < -0.3 is 14.1 Å². The number of pyridine rings is 1. The van der Waals surface area contributed by atoms with Crippen molar-refractivity contribution in [1.82, 2.24) is 9.88 Å². The number of carbonyl (C=O) groups excluding carboxylic acids is 1. The van der Waals surface area contributed by atoms with E-state index >= 15 is 0 Å². The molecule has 6 heteroatoms. The number of aromatic nitrogens is 1. The second kappa shape index (κ2) is 5.66. The quantitative estimate of drug-likeness (QED) is 0.864. The van der Waals surface area contributed by atoms with E-state index in [1.54, 1.807) is 17.2 Å². The Labute approximate surface area is 124 Å². The van der Waals surface area contributed by atoms with Gasteiger partial charge in [0.2, 0.25) is 5.88 Å². The van der Waals surface area contributed by atoms with Crippen molar-refractivity contribution in [2.24, 2.45) is 0 Å². The molecule has 1 fully saturated rings. The topological polar surface area (TPSA) is 55.6 Å². The van der Waals surface area contributed by atoms with E-state index < -0.39 is 0 Å². The highest BCUT2D eigenvalue weighted by Gasteiger charge is 2.28. The van der Waals surface area contributed by atoms with Crippen LogP contribution >= 0.6 is 15.9 Å². The molecule has 0 saturated carbocycles. The van der Waals surface area contributed by atoms with Crippen molar-refractivity contribution >= 4 is 21.8 Å². The average Bonchev–Trinajstić information content (AvgIpc) is 3.12. The standard InChI is InChI=1S/C14H13BrN2O3/c15-11-1-2-13(16-7-11)20-12-3-5-17(8-12)14(18)10-4-6-19-9-10/h1-2,4,6-7,9,12H,3,5,8H2. The highest BCUT2D eigenvalue weighted by atomic mass is 79.9. The molecule has 1 unspecified atom stereocenters. The van der Waals surface area contributed by atoms with Gasteiger partial charge in [-0.2, -0.15) is 0 Å². The van der Waals surface area contributed by atoms with Crippen LogP contribution in [-0.2, 0) is 0 Å². The minimum absolute atomic E-state index is 0.0143. The molecule has 0 aliphatic carbocycles. The normalized spacial score (nSPS) is 18.2. The van der Waals surface area contributed by atoms with Crippen molar-refractivity contribution in [3.05, 3.63) is 47.0 Å². The van der Waals surface area contributed by atoms with Gasteiger partial charge in [0, 0.05) is 29.7 Å². The van der Waals surface area contributed by atoms with Gasteiger partial charge in [-0.15, -0.1) is 0 Å². The number of amides is 1. The number of likely N-dealkylation sites (tertiary alicyclic amines) is 1. The average molecular weight is 337 g/mol. The number of halogens is 1. The Kier molecular flexibility index (Phi) is 3.73. The first-order valence-corrected chi connectivity index (χ1v) is 7.11. The van der Waals surface area contributed by atoms with E-state index in [2.05, 4.69) is 20.9 Å². The molecular weight excluding hydrogens is 324 g/mol. The largest absolute Gasteiger partial charge is 0.472 e. The lowest BCUT2D eigenvalue weighted by molar-refractivity contribution is 0.0770. The molecular formula is C14H13BrN2O3. The maximum absolute atomic E-state index is 12.1. The lowest BCUT2D eigenvalue weighted by Crippen LogP contribution is -2.30. The summed E-state index contributed by atoms with van der Waals surface area (Å²) in [6, 6.07) is 5.36. The summed E-state index contributed by atoms with van der Waals surface area (Å²) < 4.78 is 11.6. The van der Waals surface area contributed by atoms with Crippen molar-refractivity contribution in [3.8, 4) is 5.88 Å². The highest BCUT2D eigenvalue weighted by molar-refractivity contribution is 9.10. The van der Waals surface area contributed by atoms with Crippen LogP contribution in [0.5, 0.6) is 5.88 Å². The summed E-state index contributed by atoms with van der Waals surface area (Å²) in [5.41, 5.74) is 0.576. The molecule has 1 atom stereocenters. The van der Waals surface area contributed by atoms with Crippen LogP contribution in [0.1, 0.15) is 16.8 Å². The molecule has 0 N–H and O–H groups in total. The zero-order valence-electron chi connectivity index (χ0n) is 10.7. The van der Waals surface area contributed by atoms with E-state index in [-0.39, 0.29) is 12.0 Å². The number of hydrogen-bond acceptors (Lipinski definition) is 4. The summed E-state index contributed by atoms with van der Waals surface area (Å²) in [6.45, 7) is 1.26. The van der Waals surface area contributed by atoms with E-state index in [0.29, 0.717) is 24.5 Å². The summed E-state index contributed by atoms with van der Waals surface area (Å²) in [5, 5.41) is 0. The van der Waals surface area contributed by atoms with Crippen LogP contribution in [0.25, 0.3) is 0 Å². The summed E-state index contributed by atoms with van der Waals surface area (Å²) in [5.74, 6) is 0.560. The number of carbonyl (C=O) groups is 1. The van der Waals surface area contributed by atoms with Gasteiger partial charge in [0.25, 0.3) is 5.91 Å². The first-order chi connectivity index (χ1) is 9.72. The molecule has 1 amide bonds. The molecule has 2 aromatic rings. The van der Waals surface area contributed by atoms with Crippen molar-refractivity contribution < 1.29 is 13.9 Å². The summed E-state index contributed by atoms with van der Waals surface area (Å²) >= 11 is 3.33. The zero-order valence-corrected chi connectivity index (χ0v) is 12.2. The molecule has 3 heterocycles. The molecule has 20 heavy (non-hydrogen) atoms. The third-order valence-corrected chi connectivity index (χ3v) is 3.66. The number of ether oxygens (including phenoxy) is 1. The molecule has 1 saturated heterocycles. The van der Waals surface area contributed by atoms with Gasteiger partial charge in [-0.05, 0) is 28.1 Å². The number of hydrogen-bond donors (Lipinski definition) is 0. The Balaban J connectivity index is 1.59. The summed E-state index contributed by atoms with van der Waals surface area (Å²) in [6.07, 6.45) is 5.45. The molecule has 5 nitrogen and oxygen atoms in total. The zero-order chi connectivity index (χ0) is 13.9. The Bertz CT molecular complexity index is 583. The van der Waals surface area contributed by atoms with Gasteiger partial charge in [-0.1, -0.05) is 0 Å². The molecule has 0 aromatic carbocycles. The van der Waals surface area contributed by atoms with Crippen LogP contribution in [-0.4, -0.2) is 35.0 Å². The molecule has 3 rings (SSSR count). The summed E-state index contributed by atoms with van der Waals surface area (Å²) in [7, 11) is 0. The first-order valence-electron chi connectivity index (χ1n) is 6.32. The highest BCUT2D eigenvalue weighted by Crippen LogP contribution is 2.19. The third kappa shape index (κ3) is 2.85. The minimum Gasteiger partial charge on any atom is -0.472 e. The number of rotatable bonds is 3. The molecule has 1 aliphatic heterocycles. The molecule has 104 valence electrons. The molecule has 0 radical (unpaired) electrons. The lowest BCUT2D eigenvalue weighted by Gasteiger charge is -2.16. The van der Waals surface area contributed by atoms with Crippen LogP contribution in [0.3, 0.4) is 0 Å². The van der Waals surface area contributed by atoms with Crippen molar-refractivity contribution in [2.75, 3.05) is 13.1 Å². The third-order valence-electron chi connectivity index (χ3n) is 3.19. The van der Waals surface area contributed by atoms with Gasteiger partial charge in [0.05, 0.1) is 18.4 Å². The fraction of sp³-hybridized carbons (Fsp3) is 0.286. The predicted molar refractivity (Wildman–Crippen MR) is 75.6 cm³/mol. The van der Waals surface area contributed by atoms with Crippen LogP contribution in [0, 0.1) is 0 Å². The fourth-order valence-electron chi connectivity index (χ4n) is 2.18. The van der Waals surface area contributed by atoms with Crippen LogP contribution in [0.2, 0.25) is 0 Å². The van der Waals surface area contributed by atoms with Crippen LogP contribution in [0.15, 0.2) is 45.8 Å². The van der Waals surface area contributed by atoms with Gasteiger partial charge in [0.15, 0.2) is 0 Å². The van der Waals surface area contributed by atoms with Crippen molar-refractivity contribution in [1.29, 1.82) is 0 Å². The van der Waals surface area contributed by atoms with Crippen molar-refractivity contribution in [2.45, 2.75) is 12.5 Å². The summed E-state index contributed by atoms with van der Waals surface area (Å²) in [4.78, 5) is 18.1. The second-order valence-corrected chi connectivity index (χ2v) is 5.52. The maximum atomic E-state index is 12.1. The lowest BCUT2D eigenvalue weighted by atomic mass is 10.3. The Morgan fingerprint density at radius 3 is 3.05 bits per heavy atom. The van der Waals surface area contributed by atoms with E-state index in [4.69, 9.17) is 9.15 Å².